The van der Waals surface area contributed by atoms with Crippen LogP contribution in [0.5, 0.6) is 11.5 Å². The number of methoxy groups -OCH3 is 2. The maximum Gasteiger partial charge on any atom is 0.251 e. The number of aromatic nitrogens is 3. The first-order valence-electron chi connectivity index (χ1n) is 9.06. The molecule has 1 N–H and O–H groups in total. The number of hydrogen-bond acceptors (Lipinski definition) is 5. The van der Waals surface area contributed by atoms with Crippen molar-refractivity contribution in [2.75, 3.05) is 14.2 Å². The Morgan fingerprint density at radius 3 is 2.76 bits per heavy atom. The second-order valence-electron chi connectivity index (χ2n) is 6.40. The minimum Gasteiger partial charge on any atom is -0.497 e. The summed E-state index contributed by atoms with van der Waals surface area (Å²) in [6, 6.07) is 14.8. The second-order valence-corrected chi connectivity index (χ2v) is 6.40. The number of nitrogens with zero attached hydrogens (tertiary/aromatic N) is 3. The molecule has 4 rings (SSSR count). The van der Waals surface area contributed by atoms with Crippen molar-refractivity contribution in [1.82, 2.24) is 19.9 Å². The molecule has 0 bridgehead atoms. The van der Waals surface area contributed by atoms with E-state index in [0.29, 0.717) is 29.1 Å². The van der Waals surface area contributed by atoms with Crippen LogP contribution in [0.25, 0.3) is 16.7 Å². The molecule has 0 aliphatic carbocycles. The summed E-state index contributed by atoms with van der Waals surface area (Å²) in [6.45, 7) is 0.417. The van der Waals surface area contributed by atoms with E-state index in [0.717, 1.165) is 16.8 Å². The molecule has 0 aliphatic rings. The van der Waals surface area contributed by atoms with Crippen LogP contribution >= 0.6 is 0 Å². The van der Waals surface area contributed by atoms with E-state index in [1.165, 1.54) is 0 Å². The number of carbonyl (C=O) groups excluding carboxylic acids is 1. The first-order valence-corrected chi connectivity index (χ1v) is 9.06. The molecule has 0 spiro atoms. The number of hydrogen-bond donors (Lipinski definition) is 1. The number of fused-ring (bicyclic) bond motifs is 1. The molecular formula is C22H20N4O3. The maximum atomic E-state index is 12.5. The highest BCUT2D eigenvalue weighted by atomic mass is 16.5. The van der Waals surface area contributed by atoms with Crippen LogP contribution in [0.3, 0.4) is 0 Å². The highest BCUT2D eigenvalue weighted by Gasteiger charge is 2.13. The zero-order valence-corrected chi connectivity index (χ0v) is 16.1. The Bertz CT molecular complexity index is 1160. The topological polar surface area (TPSA) is 78.3 Å². The molecule has 0 unspecified atom stereocenters. The van der Waals surface area contributed by atoms with E-state index in [1.807, 2.05) is 41.0 Å². The Morgan fingerprint density at radius 2 is 2.00 bits per heavy atom. The summed E-state index contributed by atoms with van der Waals surface area (Å²) in [5, 5.41) is 2.90. The number of pyridine rings is 1. The van der Waals surface area contributed by atoms with Crippen molar-refractivity contribution in [2.24, 2.45) is 0 Å². The van der Waals surface area contributed by atoms with E-state index in [1.54, 1.807) is 45.1 Å². The summed E-state index contributed by atoms with van der Waals surface area (Å²) in [5.74, 6) is 1.25. The predicted molar refractivity (Wildman–Crippen MR) is 110 cm³/mol. The van der Waals surface area contributed by atoms with Gasteiger partial charge in [-0.25, -0.2) is 4.98 Å². The molecule has 2 heterocycles. The van der Waals surface area contributed by atoms with Gasteiger partial charge in [-0.1, -0.05) is 6.07 Å². The normalized spacial score (nSPS) is 10.7. The third-order valence-electron chi connectivity index (χ3n) is 4.63. The van der Waals surface area contributed by atoms with Gasteiger partial charge in [0.15, 0.2) is 0 Å². The fraction of sp³-hybridized carbons (Fsp3) is 0.136. The maximum absolute atomic E-state index is 12.5. The van der Waals surface area contributed by atoms with Gasteiger partial charge < -0.3 is 14.8 Å². The lowest BCUT2D eigenvalue weighted by Crippen LogP contribution is -2.22. The number of imidazole rings is 1. The summed E-state index contributed by atoms with van der Waals surface area (Å²) in [5.41, 5.74) is 3.87. The third kappa shape index (κ3) is 3.75. The number of carbonyl (C=O) groups is 1. The zero-order valence-electron chi connectivity index (χ0n) is 16.1. The van der Waals surface area contributed by atoms with Gasteiger partial charge in [0.05, 0.1) is 30.9 Å². The quantitative estimate of drug-likeness (QED) is 0.548. The van der Waals surface area contributed by atoms with Gasteiger partial charge in [-0.05, 0) is 42.0 Å². The SMILES string of the molecule is COc1ccc(OC)c(-n2cnc3cc(C(=O)NCc4cccnc4)ccc32)c1. The molecule has 2 aromatic heterocycles. The Morgan fingerprint density at radius 1 is 1.10 bits per heavy atom. The summed E-state index contributed by atoms with van der Waals surface area (Å²) < 4.78 is 12.7. The van der Waals surface area contributed by atoms with Crippen LogP contribution in [-0.2, 0) is 6.54 Å². The van der Waals surface area contributed by atoms with E-state index >= 15 is 0 Å². The number of amides is 1. The van der Waals surface area contributed by atoms with Gasteiger partial charge in [0, 0.05) is 30.6 Å². The molecular weight excluding hydrogens is 368 g/mol. The lowest BCUT2D eigenvalue weighted by molar-refractivity contribution is 0.0951. The van der Waals surface area contributed by atoms with E-state index in [-0.39, 0.29) is 5.91 Å². The molecule has 7 nitrogen and oxygen atoms in total. The van der Waals surface area contributed by atoms with Crippen molar-refractivity contribution >= 4 is 16.9 Å². The van der Waals surface area contributed by atoms with Crippen molar-refractivity contribution < 1.29 is 14.3 Å². The summed E-state index contributed by atoms with van der Waals surface area (Å²) in [6.07, 6.45) is 5.14. The summed E-state index contributed by atoms with van der Waals surface area (Å²) in [7, 11) is 3.24. The molecule has 7 heteroatoms. The standard InChI is InChI=1S/C22H20N4O3/c1-28-17-6-8-21(29-2)20(11-17)26-14-25-18-10-16(5-7-19(18)26)22(27)24-13-15-4-3-9-23-12-15/h3-12,14H,13H2,1-2H3,(H,24,27). The molecule has 0 radical (unpaired) electrons. The number of ether oxygens (including phenoxy) is 2. The minimum absolute atomic E-state index is 0.163. The van der Waals surface area contributed by atoms with Crippen LogP contribution in [0.2, 0.25) is 0 Å². The van der Waals surface area contributed by atoms with Gasteiger partial charge in [-0.2, -0.15) is 0 Å². The van der Waals surface area contributed by atoms with E-state index in [2.05, 4.69) is 15.3 Å². The van der Waals surface area contributed by atoms with Crippen molar-refractivity contribution in [3.05, 3.63) is 78.4 Å². The van der Waals surface area contributed by atoms with Crippen molar-refractivity contribution in [1.29, 1.82) is 0 Å². The van der Waals surface area contributed by atoms with Crippen LogP contribution in [0, 0.1) is 0 Å². The van der Waals surface area contributed by atoms with Crippen LogP contribution in [0.15, 0.2) is 67.3 Å². The molecule has 0 aliphatic heterocycles. The molecule has 1 amide bonds. The van der Waals surface area contributed by atoms with E-state index in [9.17, 15) is 4.79 Å². The van der Waals surface area contributed by atoms with Gasteiger partial charge in [-0.15, -0.1) is 0 Å². The Balaban J connectivity index is 1.62. The zero-order chi connectivity index (χ0) is 20.2. The van der Waals surface area contributed by atoms with Crippen molar-refractivity contribution in [3.8, 4) is 17.2 Å². The van der Waals surface area contributed by atoms with Crippen LogP contribution in [0.4, 0.5) is 0 Å². The molecule has 2 aromatic carbocycles. The van der Waals surface area contributed by atoms with E-state index < -0.39 is 0 Å². The highest BCUT2D eigenvalue weighted by Crippen LogP contribution is 2.30. The Labute approximate surface area is 167 Å². The van der Waals surface area contributed by atoms with Gasteiger partial charge in [-0.3, -0.25) is 14.3 Å². The van der Waals surface area contributed by atoms with Gasteiger partial charge >= 0.3 is 0 Å². The number of nitrogens with one attached hydrogen (secondary N) is 1. The third-order valence-corrected chi connectivity index (χ3v) is 4.63. The fourth-order valence-corrected chi connectivity index (χ4v) is 3.12. The van der Waals surface area contributed by atoms with Gasteiger partial charge in [0.2, 0.25) is 0 Å². The molecule has 29 heavy (non-hydrogen) atoms. The first kappa shape index (κ1) is 18.5. The van der Waals surface area contributed by atoms with Crippen LogP contribution in [-0.4, -0.2) is 34.7 Å². The Kier molecular flexibility index (Phi) is 5.11. The van der Waals surface area contributed by atoms with Crippen LogP contribution < -0.4 is 14.8 Å². The van der Waals surface area contributed by atoms with Gasteiger partial charge in [0.25, 0.3) is 5.91 Å². The second kappa shape index (κ2) is 8.02. The summed E-state index contributed by atoms with van der Waals surface area (Å²) >= 11 is 0. The number of rotatable bonds is 6. The molecule has 146 valence electrons. The van der Waals surface area contributed by atoms with Crippen molar-refractivity contribution in [3.63, 3.8) is 0 Å². The monoisotopic (exact) mass is 388 g/mol. The average Bonchev–Trinajstić information content (AvgIpc) is 3.20. The number of benzene rings is 2. The van der Waals surface area contributed by atoms with Crippen LogP contribution in [0.1, 0.15) is 15.9 Å². The fourth-order valence-electron chi connectivity index (χ4n) is 3.12. The lowest BCUT2D eigenvalue weighted by atomic mass is 10.1. The largest absolute Gasteiger partial charge is 0.497 e. The van der Waals surface area contributed by atoms with Crippen molar-refractivity contribution in [2.45, 2.75) is 6.54 Å². The lowest BCUT2D eigenvalue weighted by Gasteiger charge is -2.12. The smallest absolute Gasteiger partial charge is 0.251 e. The Hall–Kier alpha value is -3.87. The predicted octanol–water partition coefficient (Wildman–Crippen LogP) is 3.37. The molecule has 0 saturated heterocycles. The average molecular weight is 388 g/mol. The molecule has 0 fully saturated rings. The first-order chi connectivity index (χ1) is 14.2. The minimum atomic E-state index is -0.163. The molecule has 0 atom stereocenters. The molecule has 4 aromatic rings. The molecule has 0 saturated carbocycles. The summed E-state index contributed by atoms with van der Waals surface area (Å²) in [4.78, 5) is 21.0. The highest BCUT2D eigenvalue weighted by molar-refractivity contribution is 5.97. The van der Waals surface area contributed by atoms with Gasteiger partial charge in [0.1, 0.15) is 17.8 Å². The van der Waals surface area contributed by atoms with E-state index in [4.69, 9.17) is 9.47 Å².